The van der Waals surface area contributed by atoms with Gasteiger partial charge in [0.1, 0.15) is 18.7 Å². The van der Waals surface area contributed by atoms with Gasteiger partial charge in [0.2, 0.25) is 11.8 Å². The second kappa shape index (κ2) is 8.58. The van der Waals surface area contributed by atoms with Crippen molar-refractivity contribution < 1.29 is 22.6 Å². The molecule has 0 aliphatic carbocycles. The molecule has 11 heteroatoms. The predicted octanol–water partition coefficient (Wildman–Crippen LogP) is 3.23. The Morgan fingerprint density at radius 3 is 2.77 bits per heavy atom. The van der Waals surface area contributed by atoms with Crippen molar-refractivity contribution in [3.05, 3.63) is 36.2 Å². The zero-order chi connectivity index (χ0) is 22.0. The fourth-order valence-electron chi connectivity index (χ4n) is 3.35. The van der Waals surface area contributed by atoms with Crippen LogP contribution in [0.25, 0.3) is 11.0 Å². The van der Waals surface area contributed by atoms with Gasteiger partial charge in [0.15, 0.2) is 5.82 Å². The van der Waals surface area contributed by atoms with Crippen molar-refractivity contribution >= 4 is 22.8 Å². The smallest absolute Gasteiger partial charge is 0.411 e. The van der Waals surface area contributed by atoms with Crippen LogP contribution in [0.5, 0.6) is 5.88 Å². The lowest BCUT2D eigenvalue weighted by Crippen LogP contribution is -2.37. The van der Waals surface area contributed by atoms with Crippen LogP contribution < -0.4 is 15.0 Å². The van der Waals surface area contributed by atoms with E-state index < -0.39 is 12.8 Å². The lowest BCUT2D eigenvalue weighted by molar-refractivity contribution is -0.175. The van der Waals surface area contributed by atoms with Gasteiger partial charge in [-0.2, -0.15) is 18.2 Å². The third-order valence-corrected chi connectivity index (χ3v) is 5.04. The van der Waals surface area contributed by atoms with Crippen molar-refractivity contribution in [1.29, 1.82) is 0 Å². The van der Waals surface area contributed by atoms with E-state index in [4.69, 9.17) is 4.74 Å². The Bertz CT molecular complexity index is 1040. The van der Waals surface area contributed by atoms with Crippen molar-refractivity contribution in [2.75, 3.05) is 37.1 Å². The Labute approximate surface area is 177 Å². The first-order valence-corrected chi connectivity index (χ1v) is 9.86. The van der Waals surface area contributed by atoms with Gasteiger partial charge in [-0.05, 0) is 18.6 Å². The first-order valence-electron chi connectivity index (χ1n) is 9.86. The van der Waals surface area contributed by atoms with Gasteiger partial charge >= 0.3 is 6.18 Å². The van der Waals surface area contributed by atoms with E-state index in [-0.39, 0.29) is 13.2 Å². The zero-order valence-corrected chi connectivity index (χ0v) is 17.2. The number of likely N-dealkylation sites (N-methyl/N-ethyl adjacent to an activating group) is 1. The number of pyridine rings is 1. The van der Waals surface area contributed by atoms with Gasteiger partial charge in [-0.25, -0.2) is 9.97 Å². The Morgan fingerprint density at radius 1 is 1.19 bits per heavy atom. The van der Waals surface area contributed by atoms with Crippen molar-refractivity contribution in [3.63, 3.8) is 0 Å². The summed E-state index contributed by atoms with van der Waals surface area (Å²) in [6.45, 7) is 2.06. The van der Waals surface area contributed by atoms with Gasteiger partial charge in [-0.15, -0.1) is 0 Å². The highest BCUT2D eigenvalue weighted by molar-refractivity contribution is 5.89. The predicted molar refractivity (Wildman–Crippen MR) is 109 cm³/mol. The number of alkyl halides is 3. The third-order valence-electron chi connectivity index (χ3n) is 5.04. The highest BCUT2D eigenvalue weighted by Crippen LogP contribution is 2.31. The fourth-order valence-corrected chi connectivity index (χ4v) is 3.35. The van der Waals surface area contributed by atoms with E-state index in [0.29, 0.717) is 24.4 Å². The van der Waals surface area contributed by atoms with E-state index in [0.717, 1.165) is 29.0 Å². The van der Waals surface area contributed by atoms with E-state index in [1.165, 1.54) is 0 Å². The van der Waals surface area contributed by atoms with Crippen LogP contribution in [0, 0.1) is 0 Å². The quantitative estimate of drug-likeness (QED) is 0.543. The van der Waals surface area contributed by atoms with Gasteiger partial charge in [-0.1, -0.05) is 6.07 Å². The molecule has 31 heavy (non-hydrogen) atoms. The molecule has 0 spiro atoms. The number of halogens is 3. The normalized spacial score (nSPS) is 16.0. The summed E-state index contributed by atoms with van der Waals surface area (Å²) in [7, 11) is 2.03. The standard InChI is InChI=1S/C20H23F3N6O2/c1-13-11-29-6-5-15-17(29)18(28(13)2)27-19(26-15)25-10-14-3-4-16(24-9-14)31-8-7-30-12-20(21,22)23/h3-6,9,13H,7-8,10-12H2,1-2H3,(H,25,26,27). The molecule has 1 atom stereocenters. The summed E-state index contributed by atoms with van der Waals surface area (Å²) < 4.78 is 48.0. The SMILES string of the molecule is CC1Cn2ccc3nc(NCc4ccc(OCCOCC(F)(F)F)nc4)nc(c32)N1C. The third kappa shape index (κ3) is 4.98. The molecule has 0 bridgehead atoms. The average molecular weight is 436 g/mol. The highest BCUT2D eigenvalue weighted by atomic mass is 19.4. The lowest BCUT2D eigenvalue weighted by atomic mass is 10.2. The van der Waals surface area contributed by atoms with Crippen LogP contribution in [0.3, 0.4) is 0 Å². The minimum absolute atomic E-state index is 0.0110. The van der Waals surface area contributed by atoms with Crippen LogP contribution in [-0.2, 0) is 17.8 Å². The molecular formula is C20H23F3N6O2. The van der Waals surface area contributed by atoms with Crippen LogP contribution in [0.4, 0.5) is 24.9 Å². The molecule has 0 fully saturated rings. The maximum absolute atomic E-state index is 12.0. The number of hydrogen-bond acceptors (Lipinski definition) is 7. The fraction of sp³-hybridized carbons (Fsp3) is 0.450. The Hall–Kier alpha value is -3.08. The summed E-state index contributed by atoms with van der Waals surface area (Å²) in [5.41, 5.74) is 2.81. The van der Waals surface area contributed by atoms with Gasteiger partial charge in [0, 0.05) is 44.6 Å². The topological polar surface area (TPSA) is 77.3 Å². The van der Waals surface area contributed by atoms with E-state index in [9.17, 15) is 13.2 Å². The molecule has 3 aromatic rings. The molecule has 4 rings (SSSR count). The molecule has 0 amide bonds. The largest absolute Gasteiger partial charge is 0.475 e. The average Bonchev–Trinajstić information content (AvgIpc) is 3.13. The van der Waals surface area contributed by atoms with E-state index >= 15 is 0 Å². The number of ether oxygens (including phenoxy) is 2. The van der Waals surface area contributed by atoms with Crippen LogP contribution in [-0.4, -0.2) is 58.6 Å². The zero-order valence-electron chi connectivity index (χ0n) is 17.2. The van der Waals surface area contributed by atoms with Crippen molar-refractivity contribution in [2.45, 2.75) is 32.2 Å². The van der Waals surface area contributed by atoms with Crippen molar-refractivity contribution in [3.8, 4) is 5.88 Å². The number of aromatic nitrogens is 4. The molecule has 166 valence electrons. The molecule has 4 heterocycles. The summed E-state index contributed by atoms with van der Waals surface area (Å²) >= 11 is 0. The van der Waals surface area contributed by atoms with Crippen LogP contribution in [0.2, 0.25) is 0 Å². The molecular weight excluding hydrogens is 413 g/mol. The van der Waals surface area contributed by atoms with Crippen LogP contribution in [0.1, 0.15) is 12.5 Å². The Balaban J connectivity index is 1.32. The minimum Gasteiger partial charge on any atom is -0.475 e. The molecule has 0 aromatic carbocycles. The van der Waals surface area contributed by atoms with Crippen molar-refractivity contribution in [2.24, 2.45) is 0 Å². The number of rotatable bonds is 8. The summed E-state index contributed by atoms with van der Waals surface area (Å²) in [5.74, 6) is 1.74. The Morgan fingerprint density at radius 2 is 2.03 bits per heavy atom. The first kappa shape index (κ1) is 21.2. The molecule has 0 saturated carbocycles. The summed E-state index contributed by atoms with van der Waals surface area (Å²) in [6, 6.07) is 5.80. The number of anilines is 2. The van der Waals surface area contributed by atoms with Gasteiger partial charge in [0.05, 0.1) is 12.1 Å². The molecule has 1 aliphatic rings. The van der Waals surface area contributed by atoms with E-state index in [2.05, 4.69) is 41.4 Å². The first-order chi connectivity index (χ1) is 14.8. The van der Waals surface area contributed by atoms with Gasteiger partial charge < -0.3 is 24.3 Å². The number of hydrogen-bond donors (Lipinski definition) is 1. The summed E-state index contributed by atoms with van der Waals surface area (Å²) in [4.78, 5) is 15.6. The van der Waals surface area contributed by atoms with Gasteiger partial charge in [0.25, 0.3) is 0 Å². The Kier molecular flexibility index (Phi) is 5.86. The molecule has 1 aliphatic heterocycles. The number of nitrogens with zero attached hydrogens (tertiary/aromatic N) is 5. The monoisotopic (exact) mass is 436 g/mol. The molecule has 0 radical (unpaired) electrons. The molecule has 8 nitrogen and oxygen atoms in total. The maximum atomic E-state index is 12.0. The van der Waals surface area contributed by atoms with E-state index in [1.807, 2.05) is 25.4 Å². The second-order valence-electron chi connectivity index (χ2n) is 7.41. The molecule has 3 aromatic heterocycles. The molecule has 1 unspecified atom stereocenters. The number of nitrogens with one attached hydrogen (secondary N) is 1. The summed E-state index contributed by atoms with van der Waals surface area (Å²) in [6.07, 6.45) is -0.671. The molecule has 0 saturated heterocycles. The molecule has 1 N–H and O–H groups in total. The van der Waals surface area contributed by atoms with E-state index in [1.54, 1.807) is 12.3 Å². The van der Waals surface area contributed by atoms with Crippen LogP contribution >= 0.6 is 0 Å². The van der Waals surface area contributed by atoms with Gasteiger partial charge in [-0.3, -0.25) is 0 Å². The maximum Gasteiger partial charge on any atom is 0.411 e. The van der Waals surface area contributed by atoms with Crippen molar-refractivity contribution in [1.82, 2.24) is 19.5 Å². The van der Waals surface area contributed by atoms with Crippen LogP contribution in [0.15, 0.2) is 30.6 Å². The highest BCUT2D eigenvalue weighted by Gasteiger charge is 2.27. The lowest BCUT2D eigenvalue weighted by Gasteiger charge is -2.32. The minimum atomic E-state index is -4.34. The second-order valence-corrected chi connectivity index (χ2v) is 7.41. The summed E-state index contributed by atoms with van der Waals surface area (Å²) in [5, 5.41) is 3.22.